The molecular formula is C14H25N3. The molecule has 2 unspecified atom stereocenters. The van der Waals surface area contributed by atoms with Crippen molar-refractivity contribution in [2.24, 2.45) is 11.8 Å². The van der Waals surface area contributed by atoms with Crippen molar-refractivity contribution in [3.63, 3.8) is 0 Å². The van der Waals surface area contributed by atoms with Crippen LogP contribution in [0.4, 0.5) is 5.95 Å². The van der Waals surface area contributed by atoms with E-state index >= 15 is 0 Å². The molecule has 3 nitrogen and oxygen atoms in total. The third-order valence-corrected chi connectivity index (χ3v) is 3.58. The smallest absolute Gasteiger partial charge is 0.203 e. The van der Waals surface area contributed by atoms with Crippen LogP contribution in [-0.2, 0) is 0 Å². The van der Waals surface area contributed by atoms with Crippen LogP contribution in [0.15, 0.2) is 6.20 Å². The maximum Gasteiger partial charge on any atom is 0.203 e. The Hall–Kier alpha value is -0.990. The molecule has 0 aromatic carbocycles. The Morgan fingerprint density at radius 2 is 2.24 bits per heavy atom. The molecule has 96 valence electrons. The molecule has 1 aromatic heterocycles. The van der Waals surface area contributed by atoms with Gasteiger partial charge in [-0.1, -0.05) is 20.8 Å². The lowest BCUT2D eigenvalue weighted by molar-refractivity contribution is 0.496. The number of aryl methyl sites for hydroxylation is 1. The lowest BCUT2D eigenvalue weighted by Gasteiger charge is -2.16. The fourth-order valence-electron chi connectivity index (χ4n) is 2.65. The first-order valence-corrected chi connectivity index (χ1v) is 6.85. The second-order valence-corrected chi connectivity index (χ2v) is 5.96. The lowest BCUT2D eigenvalue weighted by Crippen LogP contribution is -2.14. The summed E-state index contributed by atoms with van der Waals surface area (Å²) in [6, 6.07) is 0.654. The molecule has 0 spiro atoms. The van der Waals surface area contributed by atoms with Crippen LogP contribution in [0, 0.1) is 18.8 Å². The van der Waals surface area contributed by atoms with Crippen LogP contribution in [0.5, 0.6) is 0 Å². The molecule has 2 atom stereocenters. The fourth-order valence-corrected chi connectivity index (χ4v) is 2.65. The Morgan fingerprint density at radius 3 is 2.82 bits per heavy atom. The number of aromatic nitrogens is 2. The molecule has 1 aromatic rings. The van der Waals surface area contributed by atoms with Crippen molar-refractivity contribution in [3.05, 3.63) is 11.9 Å². The summed E-state index contributed by atoms with van der Waals surface area (Å²) in [5.41, 5.74) is 1.12. The highest BCUT2D eigenvalue weighted by Gasteiger charge is 2.24. The van der Waals surface area contributed by atoms with Gasteiger partial charge in [-0.2, -0.15) is 0 Å². The number of hydrogen-bond donors (Lipinski definition) is 1. The average Bonchev–Trinajstić information content (AvgIpc) is 2.81. The van der Waals surface area contributed by atoms with Gasteiger partial charge < -0.3 is 9.88 Å². The number of anilines is 1. The van der Waals surface area contributed by atoms with E-state index in [1.165, 1.54) is 19.3 Å². The van der Waals surface area contributed by atoms with E-state index in [2.05, 4.69) is 48.8 Å². The molecule has 1 aliphatic rings. The van der Waals surface area contributed by atoms with E-state index in [0.29, 0.717) is 12.0 Å². The average molecular weight is 235 g/mol. The maximum atomic E-state index is 4.60. The van der Waals surface area contributed by atoms with Crippen LogP contribution >= 0.6 is 0 Å². The van der Waals surface area contributed by atoms with Gasteiger partial charge in [-0.05, 0) is 38.0 Å². The molecule has 1 aliphatic carbocycles. The molecule has 0 radical (unpaired) electrons. The minimum atomic E-state index is 0.654. The second kappa shape index (κ2) is 5.11. The summed E-state index contributed by atoms with van der Waals surface area (Å²) in [6.07, 6.45) is 6.15. The Labute approximate surface area is 105 Å². The van der Waals surface area contributed by atoms with Crippen LogP contribution < -0.4 is 5.32 Å². The third-order valence-electron chi connectivity index (χ3n) is 3.58. The van der Waals surface area contributed by atoms with Crippen molar-refractivity contribution < 1.29 is 0 Å². The minimum absolute atomic E-state index is 0.654. The summed E-state index contributed by atoms with van der Waals surface area (Å²) < 4.78 is 2.36. The molecule has 0 bridgehead atoms. The van der Waals surface area contributed by atoms with Gasteiger partial charge in [0.15, 0.2) is 0 Å². The minimum Gasteiger partial charge on any atom is -0.355 e. The number of hydrogen-bond acceptors (Lipinski definition) is 2. The Bertz CT molecular complexity index is 368. The summed E-state index contributed by atoms with van der Waals surface area (Å²) in [4.78, 5) is 4.60. The van der Waals surface area contributed by atoms with Crippen LogP contribution in [0.1, 0.15) is 51.8 Å². The number of nitrogens with one attached hydrogen (secondary N) is 1. The van der Waals surface area contributed by atoms with Crippen molar-refractivity contribution in [2.45, 2.75) is 53.0 Å². The highest BCUT2D eigenvalue weighted by molar-refractivity contribution is 5.29. The van der Waals surface area contributed by atoms with E-state index < -0.39 is 0 Å². The summed E-state index contributed by atoms with van der Waals surface area (Å²) in [6.45, 7) is 9.88. The Morgan fingerprint density at radius 1 is 1.47 bits per heavy atom. The molecule has 1 fully saturated rings. The van der Waals surface area contributed by atoms with Gasteiger partial charge in [0, 0.05) is 18.8 Å². The van der Waals surface area contributed by atoms with Gasteiger partial charge in [0.2, 0.25) is 5.95 Å². The summed E-state index contributed by atoms with van der Waals surface area (Å²) in [5, 5.41) is 3.48. The van der Waals surface area contributed by atoms with E-state index in [0.717, 1.165) is 24.1 Å². The van der Waals surface area contributed by atoms with Gasteiger partial charge in [-0.3, -0.25) is 0 Å². The molecular weight excluding hydrogens is 210 g/mol. The zero-order valence-electron chi connectivity index (χ0n) is 11.5. The van der Waals surface area contributed by atoms with Crippen molar-refractivity contribution in [2.75, 3.05) is 11.9 Å². The normalized spacial score (nSPS) is 24.5. The molecule has 17 heavy (non-hydrogen) atoms. The van der Waals surface area contributed by atoms with Crippen molar-refractivity contribution in [1.82, 2.24) is 9.55 Å². The van der Waals surface area contributed by atoms with E-state index in [4.69, 9.17) is 0 Å². The van der Waals surface area contributed by atoms with Crippen molar-refractivity contribution >= 4 is 5.95 Å². The molecule has 1 saturated carbocycles. The molecule has 1 heterocycles. The van der Waals surface area contributed by atoms with Gasteiger partial charge >= 0.3 is 0 Å². The van der Waals surface area contributed by atoms with Gasteiger partial charge in [-0.25, -0.2) is 4.98 Å². The predicted molar refractivity (Wildman–Crippen MR) is 72.3 cm³/mol. The highest BCUT2D eigenvalue weighted by Crippen LogP contribution is 2.36. The standard InChI is InChI=1S/C14H25N3/c1-10(2)8-15-14-16-12(4)9-17(14)13-6-5-11(3)7-13/h9-11,13H,5-8H2,1-4H3,(H,15,16). The maximum absolute atomic E-state index is 4.60. The van der Waals surface area contributed by atoms with E-state index in [1.54, 1.807) is 0 Å². The molecule has 0 saturated heterocycles. The van der Waals surface area contributed by atoms with Crippen LogP contribution in [0.3, 0.4) is 0 Å². The van der Waals surface area contributed by atoms with Gasteiger partial charge in [0.1, 0.15) is 0 Å². The Balaban J connectivity index is 2.10. The van der Waals surface area contributed by atoms with Crippen LogP contribution in [-0.4, -0.2) is 16.1 Å². The SMILES string of the molecule is Cc1cn(C2CCC(C)C2)c(NCC(C)C)n1. The first-order valence-electron chi connectivity index (χ1n) is 6.85. The molecule has 2 rings (SSSR count). The highest BCUT2D eigenvalue weighted by atomic mass is 15.2. The monoisotopic (exact) mass is 235 g/mol. The topological polar surface area (TPSA) is 29.9 Å². The first kappa shape index (κ1) is 12.5. The summed E-state index contributed by atoms with van der Waals surface area (Å²) >= 11 is 0. The molecule has 0 aliphatic heterocycles. The largest absolute Gasteiger partial charge is 0.355 e. The van der Waals surface area contributed by atoms with Gasteiger partial charge in [0.05, 0.1) is 5.69 Å². The Kier molecular flexibility index (Phi) is 3.75. The fraction of sp³-hybridized carbons (Fsp3) is 0.786. The van der Waals surface area contributed by atoms with Gasteiger partial charge in [0.25, 0.3) is 0 Å². The first-order chi connectivity index (χ1) is 8.06. The second-order valence-electron chi connectivity index (χ2n) is 5.96. The van der Waals surface area contributed by atoms with Crippen LogP contribution in [0.2, 0.25) is 0 Å². The van der Waals surface area contributed by atoms with Crippen LogP contribution in [0.25, 0.3) is 0 Å². The van der Waals surface area contributed by atoms with Gasteiger partial charge in [-0.15, -0.1) is 0 Å². The zero-order valence-corrected chi connectivity index (χ0v) is 11.5. The van der Waals surface area contributed by atoms with Crippen molar-refractivity contribution in [1.29, 1.82) is 0 Å². The predicted octanol–water partition coefficient (Wildman–Crippen LogP) is 3.62. The third kappa shape index (κ3) is 3.02. The number of imidazole rings is 1. The molecule has 3 heteroatoms. The zero-order chi connectivity index (χ0) is 12.4. The molecule has 0 amide bonds. The number of nitrogens with zero attached hydrogens (tertiary/aromatic N) is 2. The molecule has 1 N–H and O–H groups in total. The quantitative estimate of drug-likeness (QED) is 0.863. The van der Waals surface area contributed by atoms with E-state index in [9.17, 15) is 0 Å². The van der Waals surface area contributed by atoms with Crippen molar-refractivity contribution in [3.8, 4) is 0 Å². The lowest BCUT2D eigenvalue weighted by atomic mass is 10.1. The summed E-state index contributed by atoms with van der Waals surface area (Å²) in [5.74, 6) is 2.58. The van der Waals surface area contributed by atoms with E-state index in [-0.39, 0.29) is 0 Å². The van der Waals surface area contributed by atoms with E-state index in [1.807, 2.05) is 0 Å². The number of rotatable bonds is 4. The summed E-state index contributed by atoms with van der Waals surface area (Å²) in [7, 11) is 0.